The lowest BCUT2D eigenvalue weighted by molar-refractivity contribution is -0.155. The van der Waals surface area contributed by atoms with Gasteiger partial charge in [-0.2, -0.15) is 0 Å². The van der Waals surface area contributed by atoms with Crippen LogP contribution >= 0.6 is 0 Å². The number of nitrogens with one attached hydrogen (secondary N) is 7. The zero-order chi connectivity index (χ0) is 55.9. The third-order valence-electron chi connectivity index (χ3n) is 11.1. The Labute approximate surface area is 430 Å². The summed E-state index contributed by atoms with van der Waals surface area (Å²) in [6.45, 7) is 16.3. The number of carbonyl (C=O) groups is 12. The highest BCUT2D eigenvalue weighted by molar-refractivity contribution is 6.38. The van der Waals surface area contributed by atoms with Crippen LogP contribution in [0.4, 0.5) is 4.79 Å². The molecule has 1 aliphatic rings. The molecule has 7 atom stereocenters. The molecule has 24 heteroatoms. The summed E-state index contributed by atoms with van der Waals surface area (Å²) in [6, 6.07) is -0.658. The molecule has 1 saturated heterocycles. The number of nitrogens with zero attached hydrogens (tertiary/aromatic N) is 1. The number of likely N-dealkylation sites (tertiary alicyclic amines) is 1. The molecule has 1 heterocycles. The zero-order valence-corrected chi connectivity index (χ0v) is 43.7. The third-order valence-corrected chi connectivity index (χ3v) is 11.1. The predicted molar refractivity (Wildman–Crippen MR) is 265 cm³/mol. The van der Waals surface area contributed by atoms with Gasteiger partial charge in [0.2, 0.25) is 41.2 Å². The second-order valence-corrected chi connectivity index (χ2v) is 19.3. The van der Waals surface area contributed by atoms with Crippen LogP contribution in [0, 0.1) is 11.8 Å². The molecule has 0 aromatic heterocycles. The van der Waals surface area contributed by atoms with Gasteiger partial charge in [-0.3, -0.25) is 52.7 Å². The Hall–Kier alpha value is -7.40. The highest BCUT2D eigenvalue weighted by Gasteiger charge is 2.45. The van der Waals surface area contributed by atoms with Crippen molar-refractivity contribution in [2.24, 2.45) is 11.8 Å². The van der Waals surface area contributed by atoms with Crippen LogP contribution in [-0.2, 0) is 73.6 Å². The number of ketones is 1. The van der Waals surface area contributed by atoms with E-state index in [4.69, 9.17) is 14.2 Å². The number of aliphatic carboxylic acids is 1. The van der Waals surface area contributed by atoms with Crippen molar-refractivity contribution in [1.82, 2.24) is 42.1 Å². The van der Waals surface area contributed by atoms with Gasteiger partial charge in [-0.15, -0.1) is 0 Å². The van der Waals surface area contributed by atoms with Gasteiger partial charge < -0.3 is 61.4 Å². The minimum absolute atomic E-state index is 0.0216. The molecule has 0 bridgehead atoms. The molecule has 410 valence electrons. The van der Waals surface area contributed by atoms with Crippen LogP contribution in [-0.4, -0.2) is 149 Å². The molecule has 8 amide bonds. The van der Waals surface area contributed by atoms with Crippen LogP contribution in [0.15, 0.2) is 43.0 Å². The van der Waals surface area contributed by atoms with Crippen LogP contribution in [0.1, 0.15) is 113 Å². The second kappa shape index (κ2) is 30.6. The van der Waals surface area contributed by atoms with E-state index in [9.17, 15) is 62.6 Å². The number of hydrogen-bond donors (Lipinski definition) is 8. The highest BCUT2D eigenvalue weighted by atomic mass is 16.6. The molecule has 8 N–H and O–H groups in total. The van der Waals surface area contributed by atoms with Gasteiger partial charge in [0, 0.05) is 26.3 Å². The lowest BCUT2D eigenvalue weighted by Crippen LogP contribution is -2.61. The molecule has 0 radical (unpaired) electrons. The van der Waals surface area contributed by atoms with Crippen LogP contribution < -0.4 is 37.2 Å². The lowest BCUT2D eigenvalue weighted by atomic mass is 9.98. The van der Waals surface area contributed by atoms with Gasteiger partial charge in [0.1, 0.15) is 55.6 Å². The van der Waals surface area contributed by atoms with Crippen molar-refractivity contribution in [3.05, 3.63) is 48.6 Å². The average molecular weight is 1040 g/mol. The van der Waals surface area contributed by atoms with E-state index in [1.807, 2.05) is 0 Å². The van der Waals surface area contributed by atoms with E-state index in [1.54, 1.807) is 85.7 Å². The number of amides is 8. The number of hydrogen-bond acceptors (Lipinski definition) is 15. The SMILES string of the molecule is C=CCOC(=O)CNC(=O)C(=O)C(CCC)NC(=O)[C@@H]1C[C@@H](NC(=O)OCc2ccccc2)CN1C(=O)C(NC(=O)C(NC(=O)C(CCC(=O)OC(C)(C)C)NC(=O)C(CCC(=O)O)NC(C)=O)C(C)C)C(C)C. The topological polar surface area (TPSA) is 340 Å². The minimum Gasteiger partial charge on any atom is -0.481 e. The summed E-state index contributed by atoms with van der Waals surface area (Å²) in [7, 11) is 0. The second-order valence-electron chi connectivity index (χ2n) is 19.3. The normalized spacial score (nSPS) is 16.2. The van der Waals surface area contributed by atoms with Crippen molar-refractivity contribution in [2.45, 2.75) is 162 Å². The summed E-state index contributed by atoms with van der Waals surface area (Å²) in [6.07, 6.45) is -1.08. The number of carbonyl (C=O) groups excluding carboxylic acids is 11. The summed E-state index contributed by atoms with van der Waals surface area (Å²) in [5.74, 6) is -11.6. The minimum atomic E-state index is -1.53. The molecule has 0 saturated carbocycles. The van der Waals surface area contributed by atoms with Gasteiger partial charge in [-0.25, -0.2) is 4.79 Å². The fraction of sp³-hybridized carbons (Fsp3) is 0.600. The Morgan fingerprint density at radius 3 is 1.92 bits per heavy atom. The Kier molecular flexibility index (Phi) is 25.9. The molecule has 1 aromatic carbocycles. The largest absolute Gasteiger partial charge is 0.481 e. The molecule has 5 unspecified atom stereocenters. The van der Waals surface area contributed by atoms with Crippen LogP contribution in [0.25, 0.3) is 0 Å². The monoisotopic (exact) mass is 1040 g/mol. The van der Waals surface area contributed by atoms with Crippen molar-refractivity contribution < 1.29 is 76.9 Å². The number of rotatable bonds is 29. The maximum Gasteiger partial charge on any atom is 0.407 e. The maximum atomic E-state index is 14.7. The number of ether oxygens (including phenoxy) is 3. The average Bonchev–Trinajstić information content (AvgIpc) is 3.75. The molecule has 24 nitrogen and oxygen atoms in total. The molecule has 74 heavy (non-hydrogen) atoms. The third kappa shape index (κ3) is 22.2. The van der Waals surface area contributed by atoms with E-state index in [-0.39, 0.29) is 45.4 Å². The number of Topliss-reactive ketones (excluding diaryl/α,β-unsaturated/α-hetero) is 1. The van der Waals surface area contributed by atoms with Gasteiger partial charge in [0.25, 0.3) is 5.91 Å². The number of carboxylic acids is 1. The first-order chi connectivity index (χ1) is 34.7. The van der Waals surface area contributed by atoms with Crippen LogP contribution in [0.5, 0.6) is 0 Å². The molecular formula is C50H74N8O16. The summed E-state index contributed by atoms with van der Waals surface area (Å²) < 4.78 is 15.6. The smallest absolute Gasteiger partial charge is 0.407 e. The Bertz CT molecular complexity index is 2180. The summed E-state index contributed by atoms with van der Waals surface area (Å²) in [4.78, 5) is 159. The van der Waals surface area contributed by atoms with Gasteiger partial charge in [-0.05, 0) is 63.9 Å². The molecule has 2 rings (SSSR count). The summed E-state index contributed by atoms with van der Waals surface area (Å²) in [5.41, 5.74) is -0.218. The molecule has 1 aromatic rings. The lowest BCUT2D eigenvalue weighted by Gasteiger charge is -2.33. The first kappa shape index (κ1) is 62.7. The van der Waals surface area contributed by atoms with E-state index < -0.39 is 150 Å². The van der Waals surface area contributed by atoms with Gasteiger partial charge >= 0.3 is 24.0 Å². The number of carboxylic acid groups (broad SMARTS) is 1. The molecular weight excluding hydrogens is 969 g/mol. The Balaban J connectivity index is 2.47. The molecule has 0 aliphatic carbocycles. The van der Waals surface area contributed by atoms with Gasteiger partial charge in [0.15, 0.2) is 0 Å². The maximum absolute atomic E-state index is 14.7. The number of benzene rings is 1. The zero-order valence-electron chi connectivity index (χ0n) is 43.7. The molecule has 1 fully saturated rings. The fourth-order valence-electron chi connectivity index (χ4n) is 7.49. The van der Waals surface area contributed by atoms with Crippen LogP contribution in [0.2, 0.25) is 0 Å². The van der Waals surface area contributed by atoms with E-state index in [0.29, 0.717) is 12.0 Å². The van der Waals surface area contributed by atoms with Gasteiger partial charge in [-0.1, -0.05) is 84.0 Å². The quantitative estimate of drug-likeness (QED) is 0.0239. The van der Waals surface area contributed by atoms with Crippen LogP contribution in [0.3, 0.4) is 0 Å². The number of esters is 2. The van der Waals surface area contributed by atoms with Crippen molar-refractivity contribution in [3.8, 4) is 0 Å². The van der Waals surface area contributed by atoms with E-state index in [1.165, 1.54) is 6.08 Å². The Morgan fingerprint density at radius 1 is 0.757 bits per heavy atom. The van der Waals surface area contributed by atoms with Crippen molar-refractivity contribution in [3.63, 3.8) is 0 Å². The van der Waals surface area contributed by atoms with Crippen molar-refractivity contribution >= 4 is 71.1 Å². The highest BCUT2D eigenvalue weighted by Crippen LogP contribution is 2.23. The summed E-state index contributed by atoms with van der Waals surface area (Å²) in [5, 5.41) is 26.7. The van der Waals surface area contributed by atoms with Crippen molar-refractivity contribution in [1.29, 1.82) is 0 Å². The Morgan fingerprint density at radius 2 is 1.35 bits per heavy atom. The van der Waals surface area contributed by atoms with Gasteiger partial charge in [0.05, 0.1) is 12.1 Å². The van der Waals surface area contributed by atoms with E-state index in [0.717, 1.165) is 11.8 Å². The van der Waals surface area contributed by atoms with E-state index >= 15 is 0 Å². The first-order valence-electron chi connectivity index (χ1n) is 24.5. The van der Waals surface area contributed by atoms with E-state index in [2.05, 4.69) is 43.8 Å². The van der Waals surface area contributed by atoms with Crippen molar-refractivity contribution in [2.75, 3.05) is 19.7 Å². The molecule has 1 aliphatic heterocycles. The standard InChI is InChI=1S/C50H74N8O16/c1-11-16-33(42(64)47(69)51-25-39(63)72-23-12-2)54-45(67)36-24-32(53-49(71)73-27-31-17-14-13-15-18-31)26-58(36)48(70)41(29(5)6)57-46(68)40(28(3)4)56-44(66)35(20-22-38(62)74-50(8,9)10)55-43(65)34(52-30(7)59)19-21-37(60)61/h12-15,17-18,28-29,32-36,40-41H,2,11,16,19-27H2,1,3-10H3,(H,51,69)(H,52,59)(H,53,71)(H,54,67)(H,55,65)(H,56,66)(H,57,68)(H,60,61)/t32-,33?,34?,35?,36+,40?,41?/m1/s1. The predicted octanol–water partition coefficient (Wildman–Crippen LogP) is 0.840. The first-order valence-corrected chi connectivity index (χ1v) is 24.5. The summed E-state index contributed by atoms with van der Waals surface area (Å²) >= 11 is 0. The fourth-order valence-corrected chi connectivity index (χ4v) is 7.49. The molecule has 0 spiro atoms. The number of alkyl carbamates (subject to hydrolysis) is 1.